The average Bonchev–Trinajstić information content (AvgIpc) is 3.24. The number of aromatic amines is 1. The Morgan fingerprint density at radius 3 is 2.79 bits per heavy atom. The maximum atomic E-state index is 12.5. The van der Waals surface area contributed by atoms with Gasteiger partial charge in [-0.1, -0.05) is 30.3 Å². The molecule has 1 aromatic carbocycles. The van der Waals surface area contributed by atoms with E-state index >= 15 is 0 Å². The van der Waals surface area contributed by atoms with E-state index in [4.69, 9.17) is 4.74 Å². The van der Waals surface area contributed by atoms with Gasteiger partial charge in [-0.2, -0.15) is 10.2 Å². The molecule has 0 aliphatic heterocycles. The quantitative estimate of drug-likeness (QED) is 0.725. The average molecular weight is 325 g/mol. The summed E-state index contributed by atoms with van der Waals surface area (Å²) in [5, 5.41) is 14.1. The summed E-state index contributed by atoms with van der Waals surface area (Å²) in [7, 11) is 3.42. The highest BCUT2D eigenvalue weighted by Crippen LogP contribution is 2.18. The van der Waals surface area contributed by atoms with Crippen molar-refractivity contribution in [2.75, 3.05) is 13.7 Å². The van der Waals surface area contributed by atoms with Crippen molar-refractivity contribution in [1.29, 1.82) is 0 Å². The van der Waals surface area contributed by atoms with E-state index in [1.807, 2.05) is 43.4 Å². The number of hydrogen-bond acceptors (Lipinski definition) is 4. The van der Waals surface area contributed by atoms with Crippen LogP contribution in [0.15, 0.2) is 48.7 Å². The monoisotopic (exact) mass is 325 g/mol. The highest BCUT2D eigenvalue weighted by molar-refractivity contribution is 5.93. The van der Waals surface area contributed by atoms with Crippen LogP contribution in [0.2, 0.25) is 0 Å². The molecule has 24 heavy (non-hydrogen) atoms. The van der Waals surface area contributed by atoms with Crippen LogP contribution in [-0.2, 0) is 11.8 Å². The van der Waals surface area contributed by atoms with Crippen LogP contribution < -0.4 is 5.32 Å². The summed E-state index contributed by atoms with van der Waals surface area (Å²) in [4.78, 5) is 12.5. The van der Waals surface area contributed by atoms with Gasteiger partial charge in [-0.3, -0.25) is 14.6 Å². The summed E-state index contributed by atoms with van der Waals surface area (Å²) < 4.78 is 6.93. The number of aryl methyl sites for hydroxylation is 1. The van der Waals surface area contributed by atoms with E-state index in [1.165, 1.54) is 0 Å². The molecule has 3 rings (SSSR count). The van der Waals surface area contributed by atoms with Crippen LogP contribution in [0.25, 0.3) is 11.3 Å². The molecule has 0 radical (unpaired) electrons. The molecule has 0 unspecified atom stereocenters. The SMILES string of the molecule is COC[C@@H](NC(=O)c1cc(-c2ccccc2)n[nH]1)c1ccnn1C. The van der Waals surface area contributed by atoms with E-state index < -0.39 is 0 Å². The zero-order chi connectivity index (χ0) is 16.9. The van der Waals surface area contributed by atoms with Gasteiger partial charge in [-0.25, -0.2) is 0 Å². The molecule has 0 saturated heterocycles. The molecule has 2 N–H and O–H groups in total. The number of carbonyl (C=O) groups is 1. The fraction of sp³-hybridized carbons (Fsp3) is 0.235. The number of nitrogens with one attached hydrogen (secondary N) is 2. The van der Waals surface area contributed by atoms with Gasteiger partial charge in [0.1, 0.15) is 5.69 Å². The standard InChI is InChI=1S/C17H19N5O2/c1-22-16(8-9-18-22)15(11-24-2)19-17(23)14-10-13(20-21-14)12-6-4-3-5-7-12/h3-10,15H,11H2,1-2H3,(H,19,23)(H,20,21)/t15-/m1/s1. The van der Waals surface area contributed by atoms with E-state index in [0.717, 1.165) is 17.0 Å². The van der Waals surface area contributed by atoms with Gasteiger partial charge in [0, 0.05) is 25.9 Å². The van der Waals surface area contributed by atoms with Gasteiger partial charge in [0.2, 0.25) is 0 Å². The van der Waals surface area contributed by atoms with Crippen molar-refractivity contribution < 1.29 is 9.53 Å². The summed E-state index contributed by atoms with van der Waals surface area (Å²) in [6.07, 6.45) is 1.69. The van der Waals surface area contributed by atoms with Crippen molar-refractivity contribution in [2.24, 2.45) is 7.05 Å². The minimum absolute atomic E-state index is 0.243. The van der Waals surface area contributed by atoms with E-state index in [0.29, 0.717) is 12.3 Å². The smallest absolute Gasteiger partial charge is 0.269 e. The number of H-pyrrole nitrogens is 1. The van der Waals surface area contributed by atoms with Crippen LogP contribution in [0.5, 0.6) is 0 Å². The third-order valence-electron chi connectivity index (χ3n) is 3.75. The highest BCUT2D eigenvalue weighted by Gasteiger charge is 2.20. The Bertz CT molecular complexity index is 809. The Morgan fingerprint density at radius 2 is 2.12 bits per heavy atom. The molecule has 1 atom stereocenters. The second-order valence-corrected chi connectivity index (χ2v) is 5.39. The number of nitrogens with zero attached hydrogens (tertiary/aromatic N) is 3. The molecule has 7 heteroatoms. The van der Waals surface area contributed by atoms with Gasteiger partial charge in [-0.05, 0) is 12.1 Å². The topological polar surface area (TPSA) is 84.8 Å². The number of hydrogen-bond donors (Lipinski definition) is 2. The van der Waals surface area contributed by atoms with Crippen molar-refractivity contribution >= 4 is 5.91 Å². The summed E-state index contributed by atoms with van der Waals surface area (Å²) in [6.45, 7) is 0.352. The molecular weight excluding hydrogens is 306 g/mol. The summed E-state index contributed by atoms with van der Waals surface area (Å²) in [6, 6.07) is 13.0. The molecule has 2 aromatic heterocycles. The van der Waals surface area contributed by atoms with Gasteiger partial charge in [-0.15, -0.1) is 0 Å². The summed E-state index contributed by atoms with van der Waals surface area (Å²) in [5.41, 5.74) is 2.95. The Morgan fingerprint density at radius 1 is 1.33 bits per heavy atom. The lowest BCUT2D eigenvalue weighted by Crippen LogP contribution is -2.32. The second kappa shape index (κ2) is 7.10. The van der Waals surface area contributed by atoms with E-state index in [1.54, 1.807) is 24.1 Å². The molecule has 0 bridgehead atoms. The van der Waals surface area contributed by atoms with Crippen LogP contribution in [0.3, 0.4) is 0 Å². The van der Waals surface area contributed by atoms with Gasteiger partial charge < -0.3 is 10.1 Å². The van der Waals surface area contributed by atoms with Gasteiger partial charge in [0.05, 0.1) is 24.0 Å². The van der Waals surface area contributed by atoms with Crippen molar-refractivity contribution in [3.8, 4) is 11.3 Å². The van der Waals surface area contributed by atoms with Crippen molar-refractivity contribution in [2.45, 2.75) is 6.04 Å². The Balaban J connectivity index is 1.76. The lowest BCUT2D eigenvalue weighted by Gasteiger charge is -2.17. The van der Waals surface area contributed by atoms with Gasteiger partial charge >= 0.3 is 0 Å². The van der Waals surface area contributed by atoms with E-state index in [-0.39, 0.29) is 11.9 Å². The van der Waals surface area contributed by atoms with Crippen molar-refractivity contribution in [3.63, 3.8) is 0 Å². The largest absolute Gasteiger partial charge is 0.382 e. The predicted molar refractivity (Wildman–Crippen MR) is 89.3 cm³/mol. The molecule has 0 aliphatic rings. The number of rotatable bonds is 6. The number of benzene rings is 1. The minimum atomic E-state index is -0.293. The van der Waals surface area contributed by atoms with E-state index in [2.05, 4.69) is 20.6 Å². The third kappa shape index (κ3) is 3.36. The maximum Gasteiger partial charge on any atom is 0.269 e. The zero-order valence-corrected chi connectivity index (χ0v) is 13.6. The molecule has 3 aromatic rings. The molecule has 2 heterocycles. The number of methoxy groups -OCH3 is 1. The first kappa shape index (κ1) is 15.9. The summed E-state index contributed by atoms with van der Waals surface area (Å²) in [5.74, 6) is -0.243. The Kier molecular flexibility index (Phi) is 4.72. The normalized spacial score (nSPS) is 12.1. The molecule has 0 spiro atoms. The van der Waals surface area contributed by atoms with Crippen LogP contribution in [0, 0.1) is 0 Å². The molecule has 1 amide bonds. The Hall–Kier alpha value is -2.93. The highest BCUT2D eigenvalue weighted by atomic mass is 16.5. The first-order valence-corrected chi connectivity index (χ1v) is 7.57. The lowest BCUT2D eigenvalue weighted by molar-refractivity contribution is 0.0887. The third-order valence-corrected chi connectivity index (χ3v) is 3.75. The number of amides is 1. The molecule has 7 nitrogen and oxygen atoms in total. The van der Waals surface area contributed by atoms with E-state index in [9.17, 15) is 4.79 Å². The van der Waals surface area contributed by atoms with Crippen LogP contribution in [0.1, 0.15) is 22.2 Å². The van der Waals surface area contributed by atoms with Crippen LogP contribution in [0.4, 0.5) is 0 Å². The Labute approximate surface area is 139 Å². The molecule has 124 valence electrons. The van der Waals surface area contributed by atoms with Gasteiger partial charge in [0.25, 0.3) is 5.91 Å². The molecule has 0 aliphatic carbocycles. The first-order valence-electron chi connectivity index (χ1n) is 7.57. The predicted octanol–water partition coefficient (Wildman–Crippen LogP) is 1.93. The van der Waals surface area contributed by atoms with Crippen LogP contribution in [-0.4, -0.2) is 39.6 Å². The molecular formula is C17H19N5O2. The number of carbonyl (C=O) groups excluding carboxylic acids is 1. The maximum absolute atomic E-state index is 12.5. The second-order valence-electron chi connectivity index (χ2n) is 5.39. The number of ether oxygens (including phenoxy) is 1. The molecule has 0 saturated carbocycles. The van der Waals surface area contributed by atoms with Crippen LogP contribution >= 0.6 is 0 Å². The molecule has 0 fully saturated rings. The van der Waals surface area contributed by atoms with Gasteiger partial charge in [0.15, 0.2) is 0 Å². The summed E-state index contributed by atoms with van der Waals surface area (Å²) >= 11 is 0. The minimum Gasteiger partial charge on any atom is -0.382 e. The zero-order valence-electron chi connectivity index (χ0n) is 13.6. The van der Waals surface area contributed by atoms with Crippen molar-refractivity contribution in [3.05, 3.63) is 60.0 Å². The van der Waals surface area contributed by atoms with Crippen molar-refractivity contribution in [1.82, 2.24) is 25.3 Å². The fourth-order valence-corrected chi connectivity index (χ4v) is 2.52. The number of aromatic nitrogens is 4. The first-order chi connectivity index (χ1) is 11.7. The lowest BCUT2D eigenvalue weighted by atomic mass is 10.1. The fourth-order valence-electron chi connectivity index (χ4n) is 2.52.